The number of rotatable bonds is 23. The standard InChI is InChI=1S/C40H56O6/c1-33-11-15-35(16-12-33)43-29-7-9-31-45-39-23-19-37(20-24-39)41-27-5-3-4-6-28-42-38-21-25-40(26-22-38)46-32-10-8-30-44-36-17-13-34(2)14-18-36/h11-12,15-16,19-26,34,36H,3-10,13-14,17-18,27-32H2,1-2H3. The van der Waals surface area contributed by atoms with Gasteiger partial charge in [-0.25, -0.2) is 0 Å². The molecule has 0 heterocycles. The summed E-state index contributed by atoms with van der Waals surface area (Å²) in [5, 5.41) is 0. The molecule has 6 heteroatoms. The third-order valence-electron chi connectivity index (χ3n) is 8.44. The molecule has 46 heavy (non-hydrogen) atoms. The summed E-state index contributed by atoms with van der Waals surface area (Å²) >= 11 is 0. The molecule has 0 radical (unpaired) electrons. The predicted molar refractivity (Wildman–Crippen MR) is 186 cm³/mol. The summed E-state index contributed by atoms with van der Waals surface area (Å²) in [5.74, 6) is 5.34. The number of benzene rings is 3. The highest BCUT2D eigenvalue weighted by molar-refractivity contribution is 5.32. The summed E-state index contributed by atoms with van der Waals surface area (Å²) in [6.07, 6.45) is 13.8. The quantitative estimate of drug-likeness (QED) is 0.0970. The van der Waals surface area contributed by atoms with Crippen LogP contribution in [0.4, 0.5) is 0 Å². The molecule has 1 saturated carbocycles. The summed E-state index contributed by atoms with van der Waals surface area (Å²) in [6, 6.07) is 24.1. The minimum atomic E-state index is 0.479. The molecule has 0 aliphatic heterocycles. The molecule has 1 aliphatic rings. The van der Waals surface area contributed by atoms with Crippen LogP contribution in [0.5, 0.6) is 28.7 Å². The topological polar surface area (TPSA) is 55.4 Å². The van der Waals surface area contributed by atoms with Crippen LogP contribution in [0, 0.1) is 12.8 Å². The van der Waals surface area contributed by atoms with Crippen LogP contribution in [0.1, 0.15) is 89.5 Å². The predicted octanol–water partition coefficient (Wildman–Crippen LogP) is 10.0. The van der Waals surface area contributed by atoms with Gasteiger partial charge in [-0.15, -0.1) is 0 Å². The molecule has 3 aromatic rings. The zero-order valence-electron chi connectivity index (χ0n) is 28.3. The molecule has 1 fully saturated rings. The Morgan fingerprint density at radius 1 is 0.413 bits per heavy atom. The number of hydrogen-bond acceptors (Lipinski definition) is 6. The summed E-state index contributed by atoms with van der Waals surface area (Å²) < 4.78 is 35.4. The first-order valence-electron chi connectivity index (χ1n) is 17.7. The Labute approximate surface area is 277 Å². The molecule has 4 rings (SSSR count). The van der Waals surface area contributed by atoms with Crippen LogP contribution in [0.3, 0.4) is 0 Å². The van der Waals surface area contributed by atoms with Crippen LogP contribution >= 0.6 is 0 Å². The van der Waals surface area contributed by atoms with E-state index in [1.165, 1.54) is 31.2 Å². The molecule has 0 amide bonds. The second-order valence-corrected chi connectivity index (χ2v) is 12.6. The maximum atomic E-state index is 6.04. The first-order valence-corrected chi connectivity index (χ1v) is 17.7. The van der Waals surface area contributed by atoms with Crippen LogP contribution in [0.25, 0.3) is 0 Å². The third-order valence-corrected chi connectivity index (χ3v) is 8.44. The summed E-state index contributed by atoms with van der Waals surface area (Å²) in [7, 11) is 0. The minimum Gasteiger partial charge on any atom is -0.494 e. The van der Waals surface area contributed by atoms with Gasteiger partial charge in [0.1, 0.15) is 28.7 Å². The Bertz CT molecular complexity index is 1170. The van der Waals surface area contributed by atoms with Crippen molar-refractivity contribution in [2.45, 2.75) is 97.0 Å². The molecule has 0 aromatic heterocycles. The fraction of sp³-hybridized carbons (Fsp3) is 0.550. The lowest BCUT2D eigenvalue weighted by atomic mass is 9.89. The van der Waals surface area contributed by atoms with Gasteiger partial charge >= 0.3 is 0 Å². The Morgan fingerprint density at radius 2 is 0.717 bits per heavy atom. The van der Waals surface area contributed by atoms with Crippen molar-refractivity contribution in [2.24, 2.45) is 5.92 Å². The van der Waals surface area contributed by atoms with E-state index in [0.717, 1.165) is 112 Å². The van der Waals surface area contributed by atoms with Crippen molar-refractivity contribution in [2.75, 3.05) is 39.6 Å². The van der Waals surface area contributed by atoms with Gasteiger partial charge in [-0.05, 0) is 151 Å². The lowest BCUT2D eigenvalue weighted by Crippen LogP contribution is -2.21. The number of aryl methyl sites for hydroxylation is 1. The van der Waals surface area contributed by atoms with Gasteiger partial charge in [0.25, 0.3) is 0 Å². The third kappa shape index (κ3) is 14.8. The molecule has 0 N–H and O–H groups in total. The van der Waals surface area contributed by atoms with Gasteiger partial charge in [-0.3, -0.25) is 0 Å². The highest BCUT2D eigenvalue weighted by Crippen LogP contribution is 2.26. The minimum absolute atomic E-state index is 0.479. The van der Waals surface area contributed by atoms with Crippen molar-refractivity contribution in [3.05, 3.63) is 78.4 Å². The summed E-state index contributed by atoms with van der Waals surface area (Å²) in [6.45, 7) is 8.82. The summed E-state index contributed by atoms with van der Waals surface area (Å²) in [4.78, 5) is 0. The molecule has 0 atom stereocenters. The average molecular weight is 633 g/mol. The average Bonchev–Trinajstić information content (AvgIpc) is 3.08. The Balaban J connectivity index is 0.924. The molecule has 0 saturated heterocycles. The number of hydrogen-bond donors (Lipinski definition) is 0. The molecule has 0 spiro atoms. The van der Waals surface area contributed by atoms with E-state index in [2.05, 4.69) is 26.0 Å². The molecule has 6 nitrogen and oxygen atoms in total. The van der Waals surface area contributed by atoms with Crippen molar-refractivity contribution in [3.63, 3.8) is 0 Å². The van der Waals surface area contributed by atoms with E-state index in [4.69, 9.17) is 28.4 Å². The van der Waals surface area contributed by atoms with Crippen molar-refractivity contribution in [3.8, 4) is 28.7 Å². The van der Waals surface area contributed by atoms with Crippen LogP contribution in [-0.2, 0) is 4.74 Å². The highest BCUT2D eigenvalue weighted by atomic mass is 16.5. The molecular weight excluding hydrogens is 576 g/mol. The zero-order valence-corrected chi connectivity index (χ0v) is 28.3. The zero-order chi connectivity index (χ0) is 32.1. The van der Waals surface area contributed by atoms with E-state index in [-0.39, 0.29) is 0 Å². The highest BCUT2D eigenvalue weighted by Gasteiger charge is 2.18. The fourth-order valence-corrected chi connectivity index (χ4v) is 5.46. The van der Waals surface area contributed by atoms with Gasteiger partial charge in [-0.2, -0.15) is 0 Å². The van der Waals surface area contributed by atoms with E-state index >= 15 is 0 Å². The second-order valence-electron chi connectivity index (χ2n) is 12.6. The normalized spacial score (nSPS) is 16.1. The van der Waals surface area contributed by atoms with E-state index in [1.807, 2.05) is 60.7 Å². The SMILES string of the molecule is Cc1ccc(OCCCCOc2ccc(OCCCCCCOc3ccc(OCCCCOC4CCC(C)CC4)cc3)cc2)cc1. The van der Waals surface area contributed by atoms with Crippen LogP contribution < -0.4 is 23.7 Å². The molecule has 0 bridgehead atoms. The Morgan fingerprint density at radius 3 is 1.09 bits per heavy atom. The largest absolute Gasteiger partial charge is 0.494 e. The number of ether oxygens (including phenoxy) is 6. The fourth-order valence-electron chi connectivity index (χ4n) is 5.46. The smallest absolute Gasteiger partial charge is 0.119 e. The van der Waals surface area contributed by atoms with Crippen molar-refractivity contribution in [1.29, 1.82) is 0 Å². The summed E-state index contributed by atoms with van der Waals surface area (Å²) in [5.41, 5.74) is 1.24. The van der Waals surface area contributed by atoms with Crippen LogP contribution in [-0.4, -0.2) is 45.7 Å². The first kappa shape index (κ1) is 35.5. The lowest BCUT2D eigenvalue weighted by molar-refractivity contribution is 0.0170. The van der Waals surface area contributed by atoms with E-state index < -0.39 is 0 Å². The van der Waals surface area contributed by atoms with E-state index in [0.29, 0.717) is 19.3 Å². The molecule has 252 valence electrons. The van der Waals surface area contributed by atoms with Gasteiger partial charge in [-0.1, -0.05) is 24.6 Å². The Kier molecular flexibility index (Phi) is 16.5. The van der Waals surface area contributed by atoms with Gasteiger partial charge in [0.15, 0.2) is 0 Å². The van der Waals surface area contributed by atoms with E-state index in [9.17, 15) is 0 Å². The van der Waals surface area contributed by atoms with Crippen LogP contribution in [0.2, 0.25) is 0 Å². The van der Waals surface area contributed by atoms with Gasteiger partial charge in [0.05, 0.1) is 39.1 Å². The first-order chi connectivity index (χ1) is 22.6. The number of unbranched alkanes of at least 4 members (excludes halogenated alkanes) is 5. The molecule has 3 aromatic carbocycles. The monoisotopic (exact) mass is 632 g/mol. The maximum Gasteiger partial charge on any atom is 0.119 e. The van der Waals surface area contributed by atoms with Gasteiger partial charge in [0.2, 0.25) is 0 Å². The lowest BCUT2D eigenvalue weighted by Gasteiger charge is -2.26. The van der Waals surface area contributed by atoms with Gasteiger partial charge < -0.3 is 28.4 Å². The van der Waals surface area contributed by atoms with E-state index in [1.54, 1.807) is 0 Å². The van der Waals surface area contributed by atoms with Crippen molar-refractivity contribution in [1.82, 2.24) is 0 Å². The molecular formula is C40H56O6. The van der Waals surface area contributed by atoms with Gasteiger partial charge in [0, 0.05) is 6.61 Å². The molecule has 1 aliphatic carbocycles. The van der Waals surface area contributed by atoms with Crippen molar-refractivity contribution < 1.29 is 28.4 Å². The van der Waals surface area contributed by atoms with Crippen LogP contribution in [0.15, 0.2) is 72.8 Å². The maximum absolute atomic E-state index is 6.04. The van der Waals surface area contributed by atoms with Crippen molar-refractivity contribution >= 4 is 0 Å². The molecule has 0 unspecified atom stereocenters. The second kappa shape index (κ2) is 21.4. The Hall–Kier alpha value is -3.38.